The average Bonchev–Trinajstić information content (AvgIpc) is 2.54. The molecule has 0 fully saturated rings. The summed E-state index contributed by atoms with van der Waals surface area (Å²) >= 11 is 3.18. The number of carbonyl (C=O) groups excluding carboxylic acids is 1. The lowest BCUT2D eigenvalue weighted by atomic mass is 10.1. The fourth-order valence-electron chi connectivity index (χ4n) is 1.27. The number of Topliss-reactive ketones (excluding diaryl/α,β-unsaturated/α-hetero) is 1. The molecule has 0 saturated carbocycles. The first-order valence-electron chi connectivity index (χ1n) is 5.71. The van der Waals surface area contributed by atoms with Crippen LogP contribution in [0.15, 0.2) is 47.1 Å². The molecule has 0 bridgehead atoms. The van der Waals surface area contributed by atoms with E-state index in [0.29, 0.717) is 4.47 Å². The smallest absolute Gasteiger partial charge is 0.272 e. The van der Waals surface area contributed by atoms with E-state index in [0.717, 1.165) is 0 Å². The Labute approximate surface area is 128 Å². The molecule has 1 heterocycles. The summed E-state index contributed by atoms with van der Waals surface area (Å²) < 4.78 is 29.7. The Balaban J connectivity index is 3.17. The van der Waals surface area contributed by atoms with Gasteiger partial charge in [-0.05, 0) is 34.1 Å². The van der Waals surface area contributed by atoms with Gasteiger partial charge in [-0.3, -0.25) is 4.79 Å². The standard InChI is InChI=1S/C14H11BrF2N2O2/c1-9(7-18)14(20)11-3-2-4-12(21-8-13(16)17)10(15)5-6-19-11/h2-6,13,19H,1,8H2. The molecule has 0 aliphatic rings. The van der Waals surface area contributed by atoms with Crippen LogP contribution in [0.25, 0.3) is 0 Å². The molecule has 0 aliphatic heterocycles. The van der Waals surface area contributed by atoms with Crippen molar-refractivity contribution in [1.82, 2.24) is 4.98 Å². The van der Waals surface area contributed by atoms with E-state index < -0.39 is 18.8 Å². The van der Waals surface area contributed by atoms with Crippen LogP contribution < -0.4 is 4.74 Å². The van der Waals surface area contributed by atoms with Gasteiger partial charge in [0.2, 0.25) is 5.78 Å². The summed E-state index contributed by atoms with van der Waals surface area (Å²) in [7, 11) is 0. The third-order valence-corrected chi connectivity index (χ3v) is 2.89. The van der Waals surface area contributed by atoms with Gasteiger partial charge in [0.05, 0.1) is 15.7 Å². The normalized spacial score (nSPS) is 9.67. The van der Waals surface area contributed by atoms with E-state index in [2.05, 4.69) is 27.5 Å². The predicted molar refractivity (Wildman–Crippen MR) is 76.7 cm³/mol. The number of hydrogen-bond donors (Lipinski definition) is 1. The number of nitrogens with zero attached hydrogens (tertiary/aromatic N) is 1. The van der Waals surface area contributed by atoms with E-state index in [9.17, 15) is 13.6 Å². The Morgan fingerprint density at radius 2 is 2.19 bits per heavy atom. The third kappa shape index (κ3) is 5.36. The quantitative estimate of drug-likeness (QED) is 0.495. The van der Waals surface area contributed by atoms with E-state index in [4.69, 9.17) is 10.00 Å². The van der Waals surface area contributed by atoms with Crippen molar-refractivity contribution in [2.24, 2.45) is 0 Å². The highest BCUT2D eigenvalue weighted by atomic mass is 79.9. The van der Waals surface area contributed by atoms with Gasteiger partial charge in [-0.2, -0.15) is 5.26 Å². The Hall–Kier alpha value is -2.20. The van der Waals surface area contributed by atoms with Gasteiger partial charge in [0.15, 0.2) is 0 Å². The van der Waals surface area contributed by atoms with Gasteiger partial charge in [-0.15, -0.1) is 0 Å². The van der Waals surface area contributed by atoms with Crippen LogP contribution in [0.3, 0.4) is 0 Å². The van der Waals surface area contributed by atoms with Crippen molar-refractivity contribution < 1.29 is 18.3 Å². The second-order valence-corrected chi connectivity index (χ2v) is 4.61. The average molecular weight is 357 g/mol. The number of aromatic amines is 1. The fourth-order valence-corrected chi connectivity index (χ4v) is 1.65. The van der Waals surface area contributed by atoms with E-state index in [1.54, 1.807) is 6.07 Å². The highest BCUT2D eigenvalue weighted by molar-refractivity contribution is 9.10. The topological polar surface area (TPSA) is 65.9 Å². The molecule has 0 aliphatic carbocycles. The minimum absolute atomic E-state index is 0.129. The number of nitriles is 1. The summed E-state index contributed by atoms with van der Waals surface area (Å²) in [4.78, 5) is 14.5. The number of rotatable bonds is 5. The van der Waals surface area contributed by atoms with Gasteiger partial charge in [0.25, 0.3) is 6.43 Å². The fraction of sp³-hybridized carbons (Fsp3) is 0.143. The van der Waals surface area contributed by atoms with Crippen LogP contribution in [0.1, 0.15) is 10.5 Å². The first-order valence-corrected chi connectivity index (χ1v) is 6.51. The second kappa shape index (κ2) is 8.17. The largest absolute Gasteiger partial charge is 0.486 e. The van der Waals surface area contributed by atoms with Crippen molar-refractivity contribution in [3.8, 4) is 11.8 Å². The molecule has 110 valence electrons. The number of alkyl halides is 2. The molecule has 0 saturated heterocycles. The van der Waals surface area contributed by atoms with E-state index in [1.807, 2.05) is 0 Å². The maximum Gasteiger partial charge on any atom is 0.272 e. The number of aromatic nitrogens is 1. The Kier molecular flexibility index (Phi) is 6.56. The molecule has 1 rings (SSSR count). The van der Waals surface area contributed by atoms with Gasteiger partial charge in [-0.1, -0.05) is 12.6 Å². The minimum Gasteiger partial charge on any atom is -0.486 e. The summed E-state index contributed by atoms with van der Waals surface area (Å²) in [6.45, 7) is 2.60. The monoisotopic (exact) mass is 356 g/mol. The van der Waals surface area contributed by atoms with Crippen LogP contribution in [-0.4, -0.2) is 23.8 Å². The van der Waals surface area contributed by atoms with E-state index in [-0.39, 0.29) is 17.0 Å². The molecular formula is C14H11BrF2N2O2. The molecule has 1 aromatic heterocycles. The zero-order valence-corrected chi connectivity index (χ0v) is 12.4. The maximum atomic E-state index is 12.2. The van der Waals surface area contributed by atoms with Crippen LogP contribution in [-0.2, 0) is 0 Å². The van der Waals surface area contributed by atoms with Crippen molar-refractivity contribution in [3.63, 3.8) is 0 Å². The molecule has 0 radical (unpaired) electrons. The minimum atomic E-state index is -2.59. The summed E-state index contributed by atoms with van der Waals surface area (Å²) in [5.74, 6) is -0.364. The van der Waals surface area contributed by atoms with Crippen LogP contribution >= 0.6 is 15.9 Å². The van der Waals surface area contributed by atoms with Gasteiger partial charge in [-0.25, -0.2) is 8.78 Å². The number of ether oxygens (including phenoxy) is 1. The highest BCUT2D eigenvalue weighted by Gasteiger charge is 2.09. The first-order chi connectivity index (χ1) is 9.95. The van der Waals surface area contributed by atoms with Crippen LogP contribution in [0.5, 0.6) is 5.75 Å². The number of hydrogen-bond acceptors (Lipinski definition) is 3. The van der Waals surface area contributed by atoms with E-state index in [1.165, 1.54) is 30.5 Å². The molecule has 4 nitrogen and oxygen atoms in total. The molecule has 0 spiro atoms. The number of allylic oxidation sites excluding steroid dienone is 1. The summed E-state index contributed by atoms with van der Waals surface area (Å²) in [5, 5.41) is 8.66. The Morgan fingerprint density at radius 3 is 2.81 bits per heavy atom. The lowest BCUT2D eigenvalue weighted by Crippen LogP contribution is -2.06. The number of halogens is 3. The summed E-state index contributed by atoms with van der Waals surface area (Å²) in [6.07, 6.45) is -1.18. The first kappa shape index (κ1) is 16.9. The Morgan fingerprint density at radius 1 is 1.48 bits per heavy atom. The third-order valence-electron chi connectivity index (χ3n) is 2.23. The SMILES string of the molecule is C=C(C#N)C(=O)c1cccc(OCC(F)F)c(Br)cc[nH]1. The van der Waals surface area contributed by atoms with Crippen LogP contribution in [0.4, 0.5) is 8.78 Å². The van der Waals surface area contributed by atoms with Crippen molar-refractivity contribution in [3.05, 3.63) is 52.8 Å². The number of ketones is 1. The molecule has 0 atom stereocenters. The maximum absolute atomic E-state index is 12.2. The highest BCUT2D eigenvalue weighted by Crippen LogP contribution is 2.22. The Bertz CT molecular complexity index is 634. The van der Waals surface area contributed by atoms with Crippen LogP contribution in [0, 0.1) is 11.3 Å². The lowest BCUT2D eigenvalue weighted by molar-refractivity contribution is 0.0816. The van der Waals surface area contributed by atoms with Gasteiger partial charge < -0.3 is 9.72 Å². The molecule has 1 aromatic rings. The predicted octanol–water partition coefficient (Wildman–Crippen LogP) is 3.81. The zero-order chi connectivity index (χ0) is 15.8. The molecular weight excluding hydrogens is 346 g/mol. The van der Waals surface area contributed by atoms with Gasteiger partial charge >= 0.3 is 0 Å². The van der Waals surface area contributed by atoms with Crippen LogP contribution in [0.2, 0.25) is 0 Å². The number of carbonyl (C=O) groups is 1. The van der Waals surface area contributed by atoms with Crippen molar-refractivity contribution in [2.75, 3.05) is 6.61 Å². The van der Waals surface area contributed by atoms with Gasteiger partial charge in [0.1, 0.15) is 18.4 Å². The number of H-pyrrole nitrogens is 1. The molecule has 7 heteroatoms. The van der Waals surface area contributed by atoms with E-state index >= 15 is 0 Å². The molecule has 0 unspecified atom stereocenters. The number of nitrogens with one attached hydrogen (secondary N) is 1. The van der Waals surface area contributed by atoms with Crippen molar-refractivity contribution in [2.45, 2.75) is 6.43 Å². The summed E-state index contributed by atoms with van der Waals surface area (Å²) in [6, 6.07) is 7.42. The summed E-state index contributed by atoms with van der Waals surface area (Å²) in [5.41, 5.74) is -0.0829. The zero-order valence-electron chi connectivity index (χ0n) is 10.8. The van der Waals surface area contributed by atoms with Crippen molar-refractivity contribution in [1.29, 1.82) is 5.26 Å². The molecule has 0 amide bonds. The van der Waals surface area contributed by atoms with Crippen molar-refractivity contribution >= 4 is 21.7 Å². The second-order valence-electron chi connectivity index (χ2n) is 3.75. The van der Waals surface area contributed by atoms with Gasteiger partial charge in [0, 0.05) is 6.20 Å². The lowest BCUT2D eigenvalue weighted by Gasteiger charge is -2.04. The molecule has 1 N–H and O–H groups in total. The molecule has 0 aromatic carbocycles. The molecule has 21 heavy (non-hydrogen) atoms.